The molecule has 0 bridgehead atoms. The number of phosphoric ester groups is 1. The summed E-state index contributed by atoms with van der Waals surface area (Å²) in [5.41, 5.74) is 5.36. The van der Waals surface area contributed by atoms with Gasteiger partial charge in [-0.2, -0.15) is 0 Å². The van der Waals surface area contributed by atoms with Crippen molar-refractivity contribution in [2.45, 2.75) is 238 Å². The van der Waals surface area contributed by atoms with E-state index in [1.165, 1.54) is 141 Å². The lowest BCUT2D eigenvalue weighted by Crippen LogP contribution is -2.29. The third-order valence-electron chi connectivity index (χ3n) is 10.5. The van der Waals surface area contributed by atoms with Crippen LogP contribution in [0.5, 0.6) is 0 Å². The molecule has 0 aliphatic rings. The summed E-state index contributed by atoms with van der Waals surface area (Å²) < 4.78 is 32.9. The maximum atomic E-state index is 12.6. The van der Waals surface area contributed by atoms with Gasteiger partial charge in [0, 0.05) is 19.4 Å². The van der Waals surface area contributed by atoms with E-state index < -0.39 is 26.5 Å². The molecule has 0 amide bonds. The molecule has 2 atom stereocenters. The van der Waals surface area contributed by atoms with Gasteiger partial charge in [-0.15, -0.1) is 0 Å². The van der Waals surface area contributed by atoms with E-state index in [4.69, 9.17) is 24.3 Å². The molecule has 0 heterocycles. The van der Waals surface area contributed by atoms with Gasteiger partial charge in [-0.25, -0.2) is 4.57 Å². The minimum Gasteiger partial charge on any atom is -0.462 e. The first kappa shape index (κ1) is 57.2. The minimum absolute atomic E-state index is 0.0501. The number of ether oxygens (including phenoxy) is 2. The molecule has 3 N–H and O–H groups in total. The minimum atomic E-state index is -4.38. The van der Waals surface area contributed by atoms with E-state index >= 15 is 0 Å². The molecule has 0 saturated heterocycles. The van der Waals surface area contributed by atoms with E-state index in [9.17, 15) is 19.0 Å². The largest absolute Gasteiger partial charge is 0.472 e. The first-order chi connectivity index (χ1) is 28.8. The van der Waals surface area contributed by atoms with Gasteiger partial charge in [-0.3, -0.25) is 18.6 Å². The summed E-state index contributed by atoms with van der Waals surface area (Å²) in [6.45, 7) is 3.71. The van der Waals surface area contributed by atoms with Gasteiger partial charge in [0.1, 0.15) is 6.61 Å². The molecular weight excluding hydrogens is 762 g/mol. The number of unbranched alkanes of at least 4 members (excludes halogenated alkanes) is 27. The second-order valence-electron chi connectivity index (χ2n) is 16.3. The second-order valence-corrected chi connectivity index (χ2v) is 17.8. The van der Waals surface area contributed by atoms with E-state index in [2.05, 4.69) is 50.3 Å². The molecule has 0 aliphatic heterocycles. The average molecular weight is 854 g/mol. The van der Waals surface area contributed by atoms with Crippen molar-refractivity contribution in [3.05, 3.63) is 36.5 Å². The summed E-state index contributed by atoms with van der Waals surface area (Å²) in [7, 11) is -4.38. The summed E-state index contributed by atoms with van der Waals surface area (Å²) in [5.74, 6) is -0.845. The fraction of sp³-hybridized carbons (Fsp3) is 0.837. The van der Waals surface area contributed by atoms with Gasteiger partial charge in [0.25, 0.3) is 0 Å². The predicted molar refractivity (Wildman–Crippen MR) is 247 cm³/mol. The van der Waals surface area contributed by atoms with Gasteiger partial charge in [0.2, 0.25) is 0 Å². The first-order valence-corrected chi connectivity index (χ1v) is 26.0. The van der Waals surface area contributed by atoms with Gasteiger partial charge in [0.05, 0.1) is 13.2 Å². The lowest BCUT2D eigenvalue weighted by atomic mass is 10.0. The van der Waals surface area contributed by atoms with Crippen molar-refractivity contribution >= 4 is 19.8 Å². The lowest BCUT2D eigenvalue weighted by molar-refractivity contribution is -0.161. The van der Waals surface area contributed by atoms with E-state index in [1.807, 2.05) is 0 Å². The SMILES string of the molecule is CCCCCC=CCC=CCC=CCCCCCCC(=O)OC(COC(=O)CCCCCCCCCCCCCCCCCCCCCCC)COP(=O)(O)OCCN. The number of carbonyl (C=O) groups is 2. The topological polar surface area (TPSA) is 134 Å². The zero-order valence-electron chi connectivity index (χ0n) is 38.2. The number of carbonyl (C=O) groups excluding carboxylic acids is 2. The molecule has 346 valence electrons. The van der Waals surface area contributed by atoms with Crippen LogP contribution in [0.4, 0.5) is 0 Å². The quantitative estimate of drug-likeness (QED) is 0.0265. The summed E-state index contributed by atoms with van der Waals surface area (Å²) in [4.78, 5) is 35.0. The maximum Gasteiger partial charge on any atom is 0.472 e. The van der Waals surface area contributed by atoms with Crippen molar-refractivity contribution in [3.8, 4) is 0 Å². The smallest absolute Gasteiger partial charge is 0.462 e. The fourth-order valence-corrected chi connectivity index (χ4v) is 7.64. The maximum absolute atomic E-state index is 12.6. The third kappa shape index (κ3) is 45.6. The molecule has 0 aromatic rings. The summed E-state index contributed by atoms with van der Waals surface area (Å²) in [6, 6.07) is 0. The molecule has 0 aromatic heterocycles. The van der Waals surface area contributed by atoms with Crippen molar-refractivity contribution in [3.63, 3.8) is 0 Å². The second kappa shape index (κ2) is 45.7. The normalized spacial score (nSPS) is 13.5. The Kier molecular flexibility index (Phi) is 44.4. The monoisotopic (exact) mass is 854 g/mol. The van der Waals surface area contributed by atoms with E-state index in [1.54, 1.807) is 0 Å². The molecule has 2 unspecified atom stereocenters. The van der Waals surface area contributed by atoms with Crippen molar-refractivity contribution in [2.24, 2.45) is 5.73 Å². The molecule has 9 nitrogen and oxygen atoms in total. The van der Waals surface area contributed by atoms with Crippen LogP contribution in [0.3, 0.4) is 0 Å². The molecule has 0 radical (unpaired) electrons. The molecule has 10 heteroatoms. The molecule has 0 saturated carbocycles. The van der Waals surface area contributed by atoms with Crippen LogP contribution >= 0.6 is 7.82 Å². The number of allylic oxidation sites excluding steroid dienone is 6. The Morgan fingerprint density at radius 2 is 0.881 bits per heavy atom. The molecule has 59 heavy (non-hydrogen) atoms. The van der Waals surface area contributed by atoms with E-state index in [0.29, 0.717) is 6.42 Å². The van der Waals surface area contributed by atoms with Crippen LogP contribution in [-0.4, -0.2) is 49.3 Å². The number of rotatable bonds is 46. The lowest BCUT2D eigenvalue weighted by Gasteiger charge is -2.19. The predicted octanol–water partition coefficient (Wildman–Crippen LogP) is 14.5. The highest BCUT2D eigenvalue weighted by molar-refractivity contribution is 7.47. The number of hydrogen-bond donors (Lipinski definition) is 2. The van der Waals surface area contributed by atoms with Crippen LogP contribution in [0.2, 0.25) is 0 Å². The number of phosphoric acid groups is 1. The Hall–Kier alpha value is -1.77. The van der Waals surface area contributed by atoms with Crippen molar-refractivity contribution < 1.29 is 37.6 Å². The van der Waals surface area contributed by atoms with Gasteiger partial charge < -0.3 is 20.1 Å². The summed E-state index contributed by atoms with van der Waals surface area (Å²) >= 11 is 0. The highest BCUT2D eigenvalue weighted by Gasteiger charge is 2.26. The summed E-state index contributed by atoms with van der Waals surface area (Å²) in [6.07, 6.45) is 51.8. The van der Waals surface area contributed by atoms with Crippen LogP contribution in [0.15, 0.2) is 36.5 Å². The van der Waals surface area contributed by atoms with Crippen LogP contribution < -0.4 is 5.73 Å². The highest BCUT2D eigenvalue weighted by atomic mass is 31.2. The number of hydrogen-bond acceptors (Lipinski definition) is 8. The van der Waals surface area contributed by atoms with Crippen LogP contribution in [0.25, 0.3) is 0 Å². The van der Waals surface area contributed by atoms with Crippen LogP contribution in [0, 0.1) is 0 Å². The molecule has 0 rings (SSSR count). The van der Waals surface area contributed by atoms with E-state index in [0.717, 1.165) is 57.8 Å². The average Bonchev–Trinajstić information content (AvgIpc) is 3.22. The Morgan fingerprint density at radius 3 is 1.34 bits per heavy atom. The number of nitrogens with two attached hydrogens (primary N) is 1. The van der Waals surface area contributed by atoms with Crippen LogP contribution in [0.1, 0.15) is 232 Å². The molecule has 0 spiro atoms. The molecule has 0 fully saturated rings. The Labute approximate surface area is 363 Å². The molecule has 0 aromatic carbocycles. The van der Waals surface area contributed by atoms with Gasteiger partial charge in [-0.05, 0) is 51.4 Å². The van der Waals surface area contributed by atoms with Crippen molar-refractivity contribution in [1.82, 2.24) is 0 Å². The fourth-order valence-electron chi connectivity index (χ4n) is 6.88. The zero-order chi connectivity index (χ0) is 43.2. The Morgan fingerprint density at radius 1 is 0.508 bits per heavy atom. The van der Waals surface area contributed by atoms with Crippen molar-refractivity contribution in [1.29, 1.82) is 0 Å². The first-order valence-electron chi connectivity index (χ1n) is 24.5. The van der Waals surface area contributed by atoms with Gasteiger partial charge in [0.15, 0.2) is 6.10 Å². The summed E-state index contributed by atoms with van der Waals surface area (Å²) in [5, 5.41) is 0. The number of esters is 2. The van der Waals surface area contributed by atoms with E-state index in [-0.39, 0.29) is 38.6 Å². The zero-order valence-corrected chi connectivity index (χ0v) is 39.1. The Balaban J connectivity index is 4.07. The van der Waals surface area contributed by atoms with Gasteiger partial charge >= 0.3 is 19.8 Å². The molecule has 0 aliphatic carbocycles. The Bertz CT molecular complexity index is 1060. The highest BCUT2D eigenvalue weighted by Crippen LogP contribution is 2.43. The standard InChI is InChI=1S/C49H92NO8P/c1-3-5-7-9-11-13-15-17-19-21-22-23-24-26-27-29-31-33-35-37-39-41-48(51)55-45-47(46-57-59(53,54)56-44-43-50)58-49(52)42-40-38-36-34-32-30-28-25-20-18-16-14-12-10-8-6-4-2/h12,14,18,20,28,30,47H,3-11,13,15-17,19,21-27,29,31-46,50H2,1-2H3,(H,53,54). The molecular formula is C49H92NO8P. The van der Waals surface area contributed by atoms with Crippen molar-refractivity contribution in [2.75, 3.05) is 26.4 Å². The van der Waals surface area contributed by atoms with Crippen LogP contribution in [-0.2, 0) is 32.7 Å². The third-order valence-corrected chi connectivity index (χ3v) is 11.5. The van der Waals surface area contributed by atoms with Gasteiger partial charge in [-0.1, -0.05) is 204 Å².